The zero-order valence-electron chi connectivity index (χ0n) is 17.2. The zero-order chi connectivity index (χ0) is 21.5. The summed E-state index contributed by atoms with van der Waals surface area (Å²) in [6.45, 7) is 2.04. The summed E-state index contributed by atoms with van der Waals surface area (Å²) < 4.78 is 15.7. The molecule has 3 rings (SSSR count). The van der Waals surface area contributed by atoms with Gasteiger partial charge in [-0.1, -0.05) is 0 Å². The van der Waals surface area contributed by atoms with Gasteiger partial charge in [0.1, 0.15) is 16.5 Å². The van der Waals surface area contributed by atoms with Crippen LogP contribution in [0.5, 0.6) is 11.5 Å². The van der Waals surface area contributed by atoms with E-state index in [1.54, 1.807) is 39.3 Å². The number of hydrogen-bond donors (Lipinski definition) is 2. The summed E-state index contributed by atoms with van der Waals surface area (Å²) in [5.74, 6) is 0.832. The Bertz CT molecular complexity index is 954. The van der Waals surface area contributed by atoms with Gasteiger partial charge in [-0.3, -0.25) is 5.32 Å². The number of rotatable bonds is 7. The minimum atomic E-state index is -0.544. The number of fused-ring (bicyclic) bond motifs is 1. The molecule has 0 radical (unpaired) electrons. The SMILES string of the molecule is CCOC(=O)c1c(NC(=O)NN=Cc2cc(OC)ccc2OC)sc2c1CCCC2. The van der Waals surface area contributed by atoms with Crippen molar-refractivity contribution < 1.29 is 23.8 Å². The van der Waals surface area contributed by atoms with E-state index < -0.39 is 12.0 Å². The highest BCUT2D eigenvalue weighted by Gasteiger charge is 2.27. The summed E-state index contributed by atoms with van der Waals surface area (Å²) in [6, 6.07) is 4.72. The van der Waals surface area contributed by atoms with E-state index in [-0.39, 0.29) is 6.61 Å². The molecule has 0 atom stereocenters. The number of hydrogen-bond acceptors (Lipinski definition) is 7. The molecule has 2 aromatic rings. The van der Waals surface area contributed by atoms with Crippen LogP contribution in [0.3, 0.4) is 0 Å². The first kappa shape index (κ1) is 21.6. The summed E-state index contributed by atoms with van der Waals surface area (Å²) in [5, 5.41) is 7.22. The Hall–Kier alpha value is -3.07. The molecule has 2 amide bonds. The van der Waals surface area contributed by atoms with E-state index in [9.17, 15) is 9.59 Å². The van der Waals surface area contributed by atoms with Crippen molar-refractivity contribution >= 4 is 34.6 Å². The normalized spacial score (nSPS) is 12.9. The van der Waals surface area contributed by atoms with Crippen molar-refractivity contribution in [1.82, 2.24) is 5.43 Å². The molecule has 1 aromatic carbocycles. The van der Waals surface area contributed by atoms with E-state index in [0.29, 0.717) is 27.6 Å². The molecule has 8 nitrogen and oxygen atoms in total. The Morgan fingerprint density at radius 1 is 1.20 bits per heavy atom. The number of esters is 1. The number of carbonyl (C=O) groups is 2. The van der Waals surface area contributed by atoms with Crippen molar-refractivity contribution in [3.05, 3.63) is 39.8 Å². The predicted molar refractivity (Wildman–Crippen MR) is 116 cm³/mol. The van der Waals surface area contributed by atoms with Crippen LogP contribution in [0, 0.1) is 0 Å². The van der Waals surface area contributed by atoms with E-state index in [4.69, 9.17) is 14.2 Å². The lowest BCUT2D eigenvalue weighted by Crippen LogP contribution is -2.25. The van der Waals surface area contributed by atoms with Gasteiger partial charge in [-0.2, -0.15) is 5.10 Å². The lowest BCUT2D eigenvalue weighted by Gasteiger charge is -2.12. The second-order valence-corrected chi connectivity index (χ2v) is 7.67. The number of thiophene rings is 1. The van der Waals surface area contributed by atoms with E-state index in [1.807, 2.05) is 0 Å². The number of nitrogens with zero attached hydrogens (tertiary/aromatic N) is 1. The highest BCUT2D eigenvalue weighted by molar-refractivity contribution is 7.17. The van der Waals surface area contributed by atoms with Crippen LogP contribution in [0.2, 0.25) is 0 Å². The summed E-state index contributed by atoms with van der Waals surface area (Å²) >= 11 is 1.42. The average Bonchev–Trinajstić information content (AvgIpc) is 3.11. The molecule has 160 valence electrons. The van der Waals surface area contributed by atoms with Gasteiger partial charge in [-0.15, -0.1) is 11.3 Å². The molecule has 0 saturated heterocycles. The first-order chi connectivity index (χ1) is 14.6. The van der Waals surface area contributed by atoms with Gasteiger partial charge in [0.2, 0.25) is 0 Å². The lowest BCUT2D eigenvalue weighted by molar-refractivity contribution is 0.0526. The molecule has 30 heavy (non-hydrogen) atoms. The fraction of sp³-hybridized carbons (Fsp3) is 0.381. The van der Waals surface area contributed by atoms with Crippen LogP contribution in [0.1, 0.15) is 46.1 Å². The van der Waals surface area contributed by atoms with E-state index in [0.717, 1.165) is 36.1 Å². The van der Waals surface area contributed by atoms with Crippen LogP contribution < -0.4 is 20.2 Å². The van der Waals surface area contributed by atoms with E-state index in [2.05, 4.69) is 15.8 Å². The van der Waals surface area contributed by atoms with Crippen molar-refractivity contribution in [1.29, 1.82) is 0 Å². The second-order valence-electron chi connectivity index (χ2n) is 6.57. The van der Waals surface area contributed by atoms with Crippen molar-refractivity contribution in [2.75, 3.05) is 26.1 Å². The standard InChI is InChI=1S/C21H25N3O5S/c1-4-29-20(25)18-15-7-5-6-8-17(15)30-19(18)23-21(26)24-22-12-13-11-14(27-2)9-10-16(13)28-3/h9-12H,4-8H2,1-3H3,(H2,23,24,26). The number of hydrazone groups is 1. The maximum absolute atomic E-state index is 12.5. The topological polar surface area (TPSA) is 98.2 Å². The minimum Gasteiger partial charge on any atom is -0.497 e. The molecule has 0 bridgehead atoms. The fourth-order valence-electron chi connectivity index (χ4n) is 3.30. The minimum absolute atomic E-state index is 0.280. The zero-order valence-corrected chi connectivity index (χ0v) is 18.1. The molecule has 1 aliphatic rings. The second kappa shape index (κ2) is 10.1. The number of nitrogens with one attached hydrogen (secondary N) is 2. The number of urea groups is 1. The molecule has 0 unspecified atom stereocenters. The Labute approximate surface area is 179 Å². The van der Waals surface area contributed by atoms with Crippen LogP contribution in [0.4, 0.5) is 9.80 Å². The van der Waals surface area contributed by atoms with Gasteiger partial charge >= 0.3 is 12.0 Å². The van der Waals surface area contributed by atoms with E-state index >= 15 is 0 Å². The van der Waals surface area contributed by atoms with E-state index in [1.165, 1.54) is 17.6 Å². The van der Waals surface area contributed by atoms with Crippen molar-refractivity contribution in [2.24, 2.45) is 5.10 Å². The molecule has 0 aliphatic heterocycles. The third kappa shape index (κ3) is 4.91. The van der Waals surface area contributed by atoms with Gasteiger partial charge in [-0.25, -0.2) is 15.0 Å². The number of anilines is 1. The lowest BCUT2D eigenvalue weighted by atomic mass is 9.95. The van der Waals surface area contributed by atoms with Crippen LogP contribution in [0.25, 0.3) is 0 Å². The fourth-order valence-corrected chi connectivity index (χ4v) is 4.58. The smallest absolute Gasteiger partial charge is 0.341 e. The molecule has 1 aromatic heterocycles. The van der Waals surface area contributed by atoms with Crippen LogP contribution in [-0.2, 0) is 17.6 Å². The number of amides is 2. The highest BCUT2D eigenvalue weighted by atomic mass is 32.1. The predicted octanol–water partition coefficient (Wildman–Crippen LogP) is 3.98. The maximum atomic E-state index is 12.5. The molecule has 0 saturated carbocycles. The summed E-state index contributed by atoms with van der Waals surface area (Å²) in [5.41, 5.74) is 4.53. The molecule has 0 spiro atoms. The third-order valence-electron chi connectivity index (χ3n) is 4.68. The third-order valence-corrected chi connectivity index (χ3v) is 5.89. The van der Waals surface area contributed by atoms with Gasteiger partial charge in [0, 0.05) is 10.4 Å². The quantitative estimate of drug-likeness (QED) is 0.393. The van der Waals surface area contributed by atoms with Crippen LogP contribution in [0.15, 0.2) is 23.3 Å². The van der Waals surface area contributed by atoms with Gasteiger partial charge in [0.05, 0.1) is 32.6 Å². The Morgan fingerprint density at radius 2 is 2.00 bits per heavy atom. The monoisotopic (exact) mass is 431 g/mol. The molecule has 9 heteroatoms. The molecular weight excluding hydrogens is 406 g/mol. The van der Waals surface area contributed by atoms with Crippen molar-refractivity contribution in [3.63, 3.8) is 0 Å². The molecule has 1 heterocycles. The van der Waals surface area contributed by atoms with Crippen molar-refractivity contribution in [2.45, 2.75) is 32.6 Å². The molecule has 0 fully saturated rings. The number of carbonyl (C=O) groups excluding carboxylic acids is 2. The highest BCUT2D eigenvalue weighted by Crippen LogP contribution is 2.38. The summed E-state index contributed by atoms with van der Waals surface area (Å²) in [7, 11) is 3.12. The van der Waals surface area contributed by atoms with Crippen LogP contribution >= 0.6 is 11.3 Å². The molecule has 1 aliphatic carbocycles. The Balaban J connectivity index is 1.73. The van der Waals surface area contributed by atoms with Crippen LogP contribution in [-0.4, -0.2) is 39.0 Å². The molecular formula is C21H25N3O5S. The summed E-state index contributed by atoms with van der Waals surface area (Å²) in [4.78, 5) is 26.0. The average molecular weight is 432 g/mol. The van der Waals surface area contributed by atoms with Gasteiger partial charge < -0.3 is 14.2 Å². The van der Waals surface area contributed by atoms with Gasteiger partial charge in [0.25, 0.3) is 0 Å². The first-order valence-corrected chi connectivity index (χ1v) is 10.5. The Kier molecular flexibility index (Phi) is 7.29. The first-order valence-electron chi connectivity index (χ1n) is 9.71. The van der Waals surface area contributed by atoms with Crippen molar-refractivity contribution in [3.8, 4) is 11.5 Å². The summed E-state index contributed by atoms with van der Waals surface area (Å²) in [6.07, 6.45) is 5.29. The largest absolute Gasteiger partial charge is 0.497 e. The number of methoxy groups -OCH3 is 2. The van der Waals surface area contributed by atoms with Gasteiger partial charge in [-0.05, 0) is 56.4 Å². The molecule has 2 N–H and O–H groups in total. The Morgan fingerprint density at radius 3 is 2.73 bits per heavy atom. The number of benzene rings is 1. The maximum Gasteiger partial charge on any atom is 0.341 e. The van der Waals surface area contributed by atoms with Gasteiger partial charge in [0.15, 0.2) is 0 Å². The number of aryl methyl sites for hydroxylation is 1. The number of ether oxygens (including phenoxy) is 3.